The molecule has 3 N–H and O–H groups in total. The lowest BCUT2D eigenvalue weighted by Gasteiger charge is -2.41. The van der Waals surface area contributed by atoms with Crippen molar-refractivity contribution in [1.82, 2.24) is 20.4 Å². The number of hydrogen-bond donors (Lipinski definition) is 3. The summed E-state index contributed by atoms with van der Waals surface area (Å²) in [4.78, 5) is 16.5. The van der Waals surface area contributed by atoms with Gasteiger partial charge in [0.05, 0.1) is 17.2 Å². The van der Waals surface area contributed by atoms with Gasteiger partial charge in [0.15, 0.2) is 0 Å². The van der Waals surface area contributed by atoms with Crippen LogP contribution < -0.4 is 10.6 Å². The molecule has 1 amide bonds. The lowest BCUT2D eigenvalue weighted by Crippen LogP contribution is -2.54. The van der Waals surface area contributed by atoms with Crippen LogP contribution in [0.2, 0.25) is 0 Å². The van der Waals surface area contributed by atoms with Crippen molar-refractivity contribution in [3.8, 4) is 0 Å². The summed E-state index contributed by atoms with van der Waals surface area (Å²) in [5.41, 5.74) is -3.19. The van der Waals surface area contributed by atoms with Gasteiger partial charge < -0.3 is 25.5 Å². The van der Waals surface area contributed by atoms with E-state index in [0.29, 0.717) is 0 Å². The van der Waals surface area contributed by atoms with Crippen LogP contribution in [-0.4, -0.2) is 64.9 Å². The zero-order valence-electron chi connectivity index (χ0n) is 21.6. The van der Waals surface area contributed by atoms with Crippen LogP contribution in [0.4, 0.5) is 26.3 Å². The van der Waals surface area contributed by atoms with E-state index in [9.17, 15) is 36.2 Å². The molecular weight excluding hydrogens is 526 g/mol. The Labute approximate surface area is 222 Å². The number of nitrogens with one attached hydrogen (secondary N) is 2. The Bertz CT molecular complexity index is 1170. The highest BCUT2D eigenvalue weighted by atomic mass is 19.4. The second-order valence-corrected chi connectivity index (χ2v) is 11.2. The number of carbonyl (C=O) groups is 1. The molecule has 2 aliphatic carbocycles. The minimum Gasteiger partial charge on any atom is -0.381 e. The molecular formula is C27H32F6N4O2. The summed E-state index contributed by atoms with van der Waals surface area (Å²) in [6.45, 7) is 3.07. The molecule has 1 saturated heterocycles. The number of piperidine rings is 1. The SMILES string of the molecule is C[C@@H](NC(=O)C1=CN(C2(C(F)(F)F)CC2)C(O)C=C1NC1[C@@H]2CC[C@H]1CN(C)C2)c1cccc(C(F)F)c1F. The predicted molar refractivity (Wildman–Crippen MR) is 131 cm³/mol. The highest BCUT2D eigenvalue weighted by Gasteiger charge is 2.67. The summed E-state index contributed by atoms with van der Waals surface area (Å²) in [5, 5.41) is 16.7. The van der Waals surface area contributed by atoms with Crippen LogP contribution in [0, 0.1) is 17.7 Å². The number of alkyl halides is 5. The zero-order chi connectivity index (χ0) is 28.3. The Morgan fingerprint density at radius 3 is 2.31 bits per heavy atom. The van der Waals surface area contributed by atoms with Gasteiger partial charge >= 0.3 is 6.18 Å². The van der Waals surface area contributed by atoms with Crippen molar-refractivity contribution in [3.63, 3.8) is 0 Å². The lowest BCUT2D eigenvalue weighted by atomic mass is 9.91. The molecule has 0 radical (unpaired) electrons. The molecule has 6 nitrogen and oxygen atoms in total. The third-order valence-corrected chi connectivity index (χ3v) is 8.60. The molecule has 1 aromatic rings. The molecule has 214 valence electrons. The standard InChI is InChI=1S/C27H32F6N4O2/c1-14(17-4-3-5-18(22(17)28)24(29)30)34-25(39)19-13-37(26(8-9-26)27(31,32)33)21(38)10-20(19)35-23-15-6-7-16(23)12-36(2)11-15/h3-5,10,13-16,21,23-24,35,38H,6-9,11-12H2,1-2H3,(H,34,39)/t14-,15-,16+,21?,23?/m1/s1. The second-order valence-electron chi connectivity index (χ2n) is 11.2. The summed E-state index contributed by atoms with van der Waals surface area (Å²) in [7, 11) is 2.03. The fraction of sp³-hybridized carbons (Fsp3) is 0.593. The van der Waals surface area contributed by atoms with E-state index in [1.807, 2.05) is 7.05 Å². The van der Waals surface area contributed by atoms with E-state index in [1.165, 1.54) is 25.1 Å². The number of halogens is 6. The highest BCUT2D eigenvalue weighted by molar-refractivity contribution is 5.98. The highest BCUT2D eigenvalue weighted by Crippen LogP contribution is 2.55. The molecule has 4 aliphatic rings. The first-order valence-electron chi connectivity index (χ1n) is 13.1. The maximum atomic E-state index is 14.7. The minimum absolute atomic E-state index is 0.0301. The van der Waals surface area contributed by atoms with E-state index in [0.717, 1.165) is 43.1 Å². The number of aliphatic hydroxyl groups excluding tert-OH is 1. The number of aliphatic hydroxyl groups is 1. The van der Waals surface area contributed by atoms with Gasteiger partial charge in [0.2, 0.25) is 0 Å². The molecule has 2 bridgehead atoms. The molecule has 12 heteroatoms. The van der Waals surface area contributed by atoms with Gasteiger partial charge in [-0.3, -0.25) is 4.79 Å². The van der Waals surface area contributed by atoms with E-state index in [4.69, 9.17) is 0 Å². The Kier molecular flexibility index (Phi) is 7.15. The van der Waals surface area contributed by atoms with Crippen molar-refractivity contribution in [2.75, 3.05) is 20.1 Å². The Hall–Kier alpha value is -2.73. The Morgan fingerprint density at radius 1 is 1.13 bits per heavy atom. The minimum atomic E-state index is -4.63. The van der Waals surface area contributed by atoms with Gasteiger partial charge in [0.25, 0.3) is 12.3 Å². The van der Waals surface area contributed by atoms with Gasteiger partial charge in [-0.1, -0.05) is 18.2 Å². The first kappa shape index (κ1) is 27.8. The number of amides is 1. The average Bonchev–Trinajstić information content (AvgIpc) is 3.62. The molecule has 3 fully saturated rings. The topological polar surface area (TPSA) is 67.8 Å². The van der Waals surface area contributed by atoms with Crippen LogP contribution >= 0.6 is 0 Å². The molecule has 39 heavy (non-hydrogen) atoms. The first-order valence-corrected chi connectivity index (χ1v) is 13.1. The molecule has 5 rings (SSSR count). The van der Waals surface area contributed by atoms with Gasteiger partial charge in [-0.05, 0) is 57.6 Å². The molecule has 2 aliphatic heterocycles. The van der Waals surface area contributed by atoms with E-state index in [1.54, 1.807) is 0 Å². The van der Waals surface area contributed by atoms with E-state index in [-0.39, 0.29) is 47.6 Å². The maximum absolute atomic E-state index is 14.7. The van der Waals surface area contributed by atoms with Crippen LogP contribution in [0.15, 0.2) is 41.7 Å². The van der Waals surface area contributed by atoms with Gasteiger partial charge in [-0.25, -0.2) is 13.2 Å². The van der Waals surface area contributed by atoms with E-state index < -0.39 is 47.7 Å². The van der Waals surface area contributed by atoms with Crippen molar-refractivity contribution in [3.05, 3.63) is 58.7 Å². The van der Waals surface area contributed by atoms with Gasteiger partial charge in [-0.15, -0.1) is 0 Å². The second kappa shape index (κ2) is 10.0. The molecule has 2 heterocycles. The Balaban J connectivity index is 1.44. The van der Waals surface area contributed by atoms with Gasteiger partial charge in [0, 0.05) is 36.6 Å². The van der Waals surface area contributed by atoms with Crippen molar-refractivity contribution < 1.29 is 36.2 Å². The van der Waals surface area contributed by atoms with Crippen LogP contribution in [0.3, 0.4) is 0 Å². The molecule has 0 aromatic heterocycles. The Morgan fingerprint density at radius 2 is 1.74 bits per heavy atom. The third-order valence-electron chi connectivity index (χ3n) is 8.60. The number of likely N-dealkylation sites (tertiary alicyclic amines) is 1. The fourth-order valence-electron chi connectivity index (χ4n) is 6.39. The lowest BCUT2D eigenvalue weighted by molar-refractivity contribution is -0.204. The summed E-state index contributed by atoms with van der Waals surface area (Å²) in [6, 6.07) is 2.39. The van der Waals surface area contributed by atoms with Crippen LogP contribution in [0.5, 0.6) is 0 Å². The summed E-state index contributed by atoms with van der Waals surface area (Å²) < 4.78 is 83.0. The largest absolute Gasteiger partial charge is 0.411 e. The van der Waals surface area contributed by atoms with Crippen LogP contribution in [0.1, 0.15) is 56.2 Å². The predicted octanol–water partition coefficient (Wildman–Crippen LogP) is 4.37. The maximum Gasteiger partial charge on any atom is 0.411 e. The normalized spacial score (nSPS) is 29.1. The zero-order valence-corrected chi connectivity index (χ0v) is 21.6. The van der Waals surface area contributed by atoms with Crippen molar-refractivity contribution in [2.45, 2.75) is 69.1 Å². The van der Waals surface area contributed by atoms with E-state index in [2.05, 4.69) is 15.5 Å². The molecule has 5 atom stereocenters. The first-order chi connectivity index (χ1) is 18.3. The molecule has 1 aromatic carbocycles. The summed E-state index contributed by atoms with van der Waals surface area (Å²) >= 11 is 0. The van der Waals surface area contributed by atoms with Crippen molar-refractivity contribution in [2.24, 2.45) is 11.8 Å². The van der Waals surface area contributed by atoms with Crippen molar-refractivity contribution in [1.29, 1.82) is 0 Å². The van der Waals surface area contributed by atoms with Crippen molar-refractivity contribution >= 4 is 5.91 Å². The molecule has 0 spiro atoms. The molecule has 2 saturated carbocycles. The summed E-state index contributed by atoms with van der Waals surface area (Å²) in [5.74, 6) is -1.42. The number of rotatable bonds is 7. The van der Waals surface area contributed by atoms with E-state index >= 15 is 0 Å². The van der Waals surface area contributed by atoms with Crippen LogP contribution in [0.25, 0.3) is 0 Å². The number of carbonyl (C=O) groups excluding carboxylic acids is 1. The van der Waals surface area contributed by atoms with Gasteiger partial charge in [-0.2, -0.15) is 13.2 Å². The monoisotopic (exact) mass is 558 g/mol. The van der Waals surface area contributed by atoms with Crippen LogP contribution in [-0.2, 0) is 4.79 Å². The smallest absolute Gasteiger partial charge is 0.381 e. The molecule has 2 unspecified atom stereocenters. The average molecular weight is 559 g/mol. The summed E-state index contributed by atoms with van der Waals surface area (Å²) in [6.07, 6.45) is -5.57. The number of hydrogen-bond acceptors (Lipinski definition) is 5. The number of benzene rings is 1. The fourth-order valence-corrected chi connectivity index (χ4v) is 6.39. The third kappa shape index (κ3) is 5.01. The number of fused-ring (bicyclic) bond motifs is 2. The number of nitrogens with zero attached hydrogens (tertiary/aromatic N) is 2. The van der Waals surface area contributed by atoms with Gasteiger partial charge in [0.1, 0.15) is 17.6 Å². The quantitative estimate of drug-likeness (QED) is 0.434.